The van der Waals surface area contributed by atoms with Gasteiger partial charge in [-0.15, -0.1) is 0 Å². The SMILES string of the molecule is CCC(CNc1ncccc1S(N)(=O)=O)Oc1cccc(C)c1. The zero-order valence-corrected chi connectivity index (χ0v) is 14.0. The number of sulfonamides is 1. The van der Waals surface area contributed by atoms with Gasteiger partial charge < -0.3 is 10.1 Å². The van der Waals surface area contributed by atoms with Crippen molar-refractivity contribution in [3.8, 4) is 5.75 Å². The smallest absolute Gasteiger partial charge is 0.241 e. The van der Waals surface area contributed by atoms with E-state index >= 15 is 0 Å². The lowest BCUT2D eigenvalue weighted by Gasteiger charge is -2.19. The van der Waals surface area contributed by atoms with Crippen LogP contribution in [-0.2, 0) is 10.0 Å². The Morgan fingerprint density at radius 3 is 2.74 bits per heavy atom. The fraction of sp³-hybridized carbons (Fsp3) is 0.312. The van der Waals surface area contributed by atoms with Crippen LogP contribution in [0.3, 0.4) is 0 Å². The molecule has 2 rings (SSSR count). The van der Waals surface area contributed by atoms with E-state index in [0.717, 1.165) is 17.7 Å². The Labute approximate surface area is 136 Å². The van der Waals surface area contributed by atoms with Gasteiger partial charge in [-0.3, -0.25) is 0 Å². The predicted octanol–water partition coefficient (Wildman–Crippen LogP) is 2.31. The lowest BCUT2D eigenvalue weighted by Crippen LogP contribution is -2.27. The van der Waals surface area contributed by atoms with Crippen molar-refractivity contribution in [3.05, 3.63) is 48.2 Å². The predicted molar refractivity (Wildman–Crippen MR) is 90.0 cm³/mol. The van der Waals surface area contributed by atoms with Gasteiger partial charge in [0.05, 0.1) is 6.54 Å². The fourth-order valence-electron chi connectivity index (χ4n) is 2.11. The molecule has 0 bridgehead atoms. The summed E-state index contributed by atoms with van der Waals surface area (Å²) in [5.41, 5.74) is 1.12. The molecule has 2 aromatic rings. The summed E-state index contributed by atoms with van der Waals surface area (Å²) in [6, 6.07) is 10.7. The zero-order chi connectivity index (χ0) is 16.9. The second-order valence-electron chi connectivity index (χ2n) is 5.24. The Kier molecular flexibility index (Phi) is 5.57. The topological polar surface area (TPSA) is 94.3 Å². The summed E-state index contributed by atoms with van der Waals surface area (Å²) in [6.45, 7) is 4.42. The van der Waals surface area contributed by atoms with E-state index in [2.05, 4.69) is 10.3 Å². The molecule has 0 saturated carbocycles. The van der Waals surface area contributed by atoms with Crippen molar-refractivity contribution < 1.29 is 13.2 Å². The standard InChI is InChI=1S/C16H21N3O3S/c1-3-13(22-14-7-4-6-12(2)10-14)11-19-16-15(23(17,20)21)8-5-9-18-16/h4-10,13H,3,11H2,1-2H3,(H,18,19)(H2,17,20,21). The average Bonchev–Trinajstić information content (AvgIpc) is 2.51. The van der Waals surface area contributed by atoms with Crippen LogP contribution in [0.25, 0.3) is 0 Å². The molecule has 0 saturated heterocycles. The van der Waals surface area contributed by atoms with Crippen molar-refractivity contribution >= 4 is 15.8 Å². The van der Waals surface area contributed by atoms with E-state index in [1.807, 2.05) is 38.1 Å². The molecule has 0 fully saturated rings. The van der Waals surface area contributed by atoms with Gasteiger partial charge in [0.1, 0.15) is 22.6 Å². The van der Waals surface area contributed by atoms with E-state index in [1.165, 1.54) is 18.3 Å². The molecule has 0 amide bonds. The first-order valence-electron chi connectivity index (χ1n) is 7.35. The number of hydrogen-bond acceptors (Lipinski definition) is 5. The molecule has 124 valence electrons. The number of aryl methyl sites for hydroxylation is 1. The van der Waals surface area contributed by atoms with Crippen LogP contribution in [0, 0.1) is 6.92 Å². The Morgan fingerprint density at radius 2 is 2.09 bits per heavy atom. The maximum absolute atomic E-state index is 11.6. The fourth-order valence-corrected chi connectivity index (χ4v) is 2.78. The highest BCUT2D eigenvalue weighted by atomic mass is 32.2. The number of rotatable bonds is 7. The normalized spacial score (nSPS) is 12.7. The van der Waals surface area contributed by atoms with Crippen LogP contribution in [0.15, 0.2) is 47.5 Å². The number of primary sulfonamides is 1. The molecule has 1 unspecified atom stereocenters. The van der Waals surface area contributed by atoms with Gasteiger partial charge in [-0.1, -0.05) is 19.1 Å². The number of ether oxygens (including phenoxy) is 1. The first-order chi connectivity index (χ1) is 10.9. The lowest BCUT2D eigenvalue weighted by atomic mass is 10.2. The van der Waals surface area contributed by atoms with Crippen LogP contribution in [0.1, 0.15) is 18.9 Å². The van der Waals surface area contributed by atoms with Gasteiger partial charge in [0.2, 0.25) is 10.0 Å². The third-order valence-electron chi connectivity index (χ3n) is 3.32. The number of pyridine rings is 1. The van der Waals surface area contributed by atoms with Crippen molar-refractivity contribution in [2.45, 2.75) is 31.3 Å². The van der Waals surface area contributed by atoms with Gasteiger partial charge in [-0.2, -0.15) is 0 Å². The Balaban J connectivity index is 2.07. The van der Waals surface area contributed by atoms with E-state index in [-0.39, 0.29) is 16.8 Å². The molecule has 1 heterocycles. The monoisotopic (exact) mass is 335 g/mol. The van der Waals surface area contributed by atoms with Crippen LogP contribution in [0.4, 0.5) is 5.82 Å². The Hall–Kier alpha value is -2.12. The van der Waals surface area contributed by atoms with Gasteiger partial charge in [-0.25, -0.2) is 18.5 Å². The number of anilines is 1. The number of nitrogens with two attached hydrogens (primary N) is 1. The summed E-state index contributed by atoms with van der Waals surface area (Å²) in [6.07, 6.45) is 2.16. The van der Waals surface area contributed by atoms with Gasteiger partial charge in [0, 0.05) is 6.20 Å². The Bertz CT molecular complexity index is 763. The van der Waals surface area contributed by atoms with Crippen molar-refractivity contribution in [3.63, 3.8) is 0 Å². The second-order valence-corrected chi connectivity index (χ2v) is 6.77. The zero-order valence-electron chi connectivity index (χ0n) is 13.2. The highest BCUT2D eigenvalue weighted by Crippen LogP contribution is 2.18. The molecule has 0 radical (unpaired) electrons. The van der Waals surface area contributed by atoms with Crippen molar-refractivity contribution in [2.75, 3.05) is 11.9 Å². The first-order valence-corrected chi connectivity index (χ1v) is 8.89. The van der Waals surface area contributed by atoms with E-state index in [9.17, 15) is 8.42 Å². The minimum atomic E-state index is -3.82. The van der Waals surface area contributed by atoms with Crippen LogP contribution in [0.5, 0.6) is 5.75 Å². The third-order valence-corrected chi connectivity index (χ3v) is 4.26. The molecule has 3 N–H and O–H groups in total. The van der Waals surface area contributed by atoms with Crippen LogP contribution in [-0.4, -0.2) is 26.1 Å². The Morgan fingerprint density at radius 1 is 1.30 bits per heavy atom. The largest absolute Gasteiger partial charge is 0.489 e. The summed E-state index contributed by atoms with van der Waals surface area (Å²) >= 11 is 0. The molecule has 0 aliphatic heterocycles. The van der Waals surface area contributed by atoms with Gasteiger partial charge in [-0.05, 0) is 43.2 Å². The molecular weight excluding hydrogens is 314 g/mol. The first kappa shape index (κ1) is 17.2. The van der Waals surface area contributed by atoms with Crippen molar-refractivity contribution in [1.82, 2.24) is 4.98 Å². The molecule has 23 heavy (non-hydrogen) atoms. The van der Waals surface area contributed by atoms with Gasteiger partial charge >= 0.3 is 0 Å². The maximum Gasteiger partial charge on any atom is 0.241 e. The van der Waals surface area contributed by atoms with Crippen molar-refractivity contribution in [2.24, 2.45) is 5.14 Å². The quantitative estimate of drug-likeness (QED) is 0.810. The molecule has 1 atom stereocenters. The van der Waals surface area contributed by atoms with Gasteiger partial charge in [0.15, 0.2) is 0 Å². The molecule has 1 aromatic carbocycles. The summed E-state index contributed by atoms with van der Waals surface area (Å²) in [4.78, 5) is 4.02. The van der Waals surface area contributed by atoms with E-state index in [4.69, 9.17) is 9.88 Å². The van der Waals surface area contributed by atoms with E-state index < -0.39 is 10.0 Å². The molecule has 0 aliphatic carbocycles. The molecule has 6 nitrogen and oxygen atoms in total. The summed E-state index contributed by atoms with van der Waals surface area (Å²) < 4.78 is 29.0. The lowest BCUT2D eigenvalue weighted by molar-refractivity contribution is 0.209. The van der Waals surface area contributed by atoms with Crippen LogP contribution < -0.4 is 15.2 Å². The second kappa shape index (κ2) is 7.43. The minimum Gasteiger partial charge on any atom is -0.489 e. The highest BCUT2D eigenvalue weighted by Gasteiger charge is 2.16. The number of nitrogens with zero attached hydrogens (tertiary/aromatic N) is 1. The third kappa shape index (κ3) is 4.94. The van der Waals surface area contributed by atoms with Crippen LogP contribution >= 0.6 is 0 Å². The van der Waals surface area contributed by atoms with Crippen molar-refractivity contribution in [1.29, 1.82) is 0 Å². The molecular formula is C16H21N3O3S. The highest BCUT2D eigenvalue weighted by molar-refractivity contribution is 7.89. The number of aromatic nitrogens is 1. The average molecular weight is 335 g/mol. The minimum absolute atomic E-state index is 0.0228. The summed E-state index contributed by atoms with van der Waals surface area (Å²) in [7, 11) is -3.82. The number of nitrogens with one attached hydrogen (secondary N) is 1. The number of benzene rings is 1. The van der Waals surface area contributed by atoms with E-state index in [1.54, 1.807) is 0 Å². The summed E-state index contributed by atoms with van der Waals surface area (Å²) in [5.74, 6) is 1.02. The molecule has 0 aliphatic rings. The van der Waals surface area contributed by atoms with Gasteiger partial charge in [0.25, 0.3) is 0 Å². The number of hydrogen-bond donors (Lipinski definition) is 2. The maximum atomic E-state index is 11.6. The molecule has 1 aromatic heterocycles. The van der Waals surface area contributed by atoms with Crippen LogP contribution in [0.2, 0.25) is 0 Å². The summed E-state index contributed by atoms with van der Waals surface area (Å²) in [5, 5.41) is 8.21. The molecule has 0 spiro atoms. The molecule has 7 heteroatoms. The van der Waals surface area contributed by atoms with E-state index in [0.29, 0.717) is 6.54 Å².